The van der Waals surface area contributed by atoms with E-state index in [-0.39, 0.29) is 12.1 Å². The first kappa shape index (κ1) is 13.2. The van der Waals surface area contributed by atoms with E-state index in [1.807, 2.05) is 0 Å². The van der Waals surface area contributed by atoms with Crippen LogP contribution in [0, 0.1) is 11.6 Å². The van der Waals surface area contributed by atoms with Crippen molar-refractivity contribution in [1.29, 1.82) is 0 Å². The number of nitrogen functional groups attached to an aromatic ring is 1. The summed E-state index contributed by atoms with van der Waals surface area (Å²) in [7, 11) is 0. The summed E-state index contributed by atoms with van der Waals surface area (Å²) in [5.74, 6) is -1.86. The van der Waals surface area contributed by atoms with E-state index in [1.54, 1.807) is 18.2 Å². The number of nitrogens with two attached hydrogens (primary N) is 1. The quantitative estimate of drug-likeness (QED) is 0.736. The lowest BCUT2D eigenvalue weighted by molar-refractivity contribution is 0.506. The van der Waals surface area contributed by atoms with Crippen molar-refractivity contribution < 1.29 is 8.78 Å². The second-order valence-corrected chi connectivity index (χ2v) is 4.70. The Morgan fingerprint density at radius 1 is 1.10 bits per heavy atom. The number of aromatic nitrogens is 2. The van der Waals surface area contributed by atoms with E-state index < -0.39 is 11.6 Å². The van der Waals surface area contributed by atoms with Gasteiger partial charge < -0.3 is 5.73 Å². The van der Waals surface area contributed by atoms with Crippen LogP contribution in [0.25, 0.3) is 10.9 Å². The molecule has 0 saturated heterocycles. The molecule has 0 bridgehead atoms. The predicted octanol–water partition coefficient (Wildman–Crippen LogP) is 2.31. The lowest BCUT2D eigenvalue weighted by atomic mass is 10.2. The molecule has 0 aliphatic heterocycles. The lowest BCUT2D eigenvalue weighted by Gasteiger charge is -2.07. The second kappa shape index (κ2) is 4.97. The minimum absolute atomic E-state index is 0.114. The summed E-state index contributed by atoms with van der Waals surface area (Å²) in [6.07, 6.45) is 1.37. The molecule has 0 fully saturated rings. The largest absolute Gasteiger partial charge is 0.399 e. The summed E-state index contributed by atoms with van der Waals surface area (Å²) in [5.41, 5.74) is 6.88. The maximum Gasteiger partial charge on any atom is 0.261 e. The molecule has 0 spiro atoms. The monoisotopic (exact) mass is 287 g/mol. The standard InChI is InChI=1S/C15H11F2N3O/c16-12-4-1-9(5-13(12)17)7-20-8-19-14-6-10(18)2-3-11(14)15(20)21/h1-6,8H,7,18H2. The first-order valence-corrected chi connectivity index (χ1v) is 6.23. The van der Waals surface area contributed by atoms with Crippen LogP contribution in [0.3, 0.4) is 0 Å². The number of rotatable bonds is 2. The van der Waals surface area contributed by atoms with E-state index in [0.29, 0.717) is 22.2 Å². The normalized spacial score (nSPS) is 11.0. The zero-order chi connectivity index (χ0) is 15.0. The summed E-state index contributed by atoms with van der Waals surface area (Å²) in [6.45, 7) is 0.114. The number of hydrogen-bond acceptors (Lipinski definition) is 3. The van der Waals surface area contributed by atoms with Crippen molar-refractivity contribution in [3.63, 3.8) is 0 Å². The van der Waals surface area contributed by atoms with Gasteiger partial charge >= 0.3 is 0 Å². The van der Waals surface area contributed by atoms with Crippen molar-refractivity contribution in [2.24, 2.45) is 0 Å². The molecule has 21 heavy (non-hydrogen) atoms. The summed E-state index contributed by atoms with van der Waals surface area (Å²) in [4.78, 5) is 16.5. The van der Waals surface area contributed by atoms with Crippen molar-refractivity contribution in [1.82, 2.24) is 9.55 Å². The molecular weight excluding hydrogens is 276 g/mol. The fourth-order valence-electron chi connectivity index (χ4n) is 2.12. The first-order chi connectivity index (χ1) is 10.0. The van der Waals surface area contributed by atoms with Gasteiger partial charge in [-0.3, -0.25) is 9.36 Å². The first-order valence-electron chi connectivity index (χ1n) is 6.23. The van der Waals surface area contributed by atoms with Gasteiger partial charge in [-0.05, 0) is 35.9 Å². The third kappa shape index (κ3) is 2.47. The molecule has 0 aliphatic rings. The molecule has 4 nitrogen and oxygen atoms in total. The molecule has 1 heterocycles. The van der Waals surface area contributed by atoms with E-state index in [2.05, 4.69) is 4.98 Å². The average molecular weight is 287 g/mol. The van der Waals surface area contributed by atoms with Crippen LogP contribution in [0.2, 0.25) is 0 Å². The third-order valence-electron chi connectivity index (χ3n) is 3.19. The van der Waals surface area contributed by atoms with Crippen molar-refractivity contribution >= 4 is 16.6 Å². The van der Waals surface area contributed by atoms with Crippen molar-refractivity contribution in [3.05, 3.63) is 70.3 Å². The van der Waals surface area contributed by atoms with Gasteiger partial charge in [0.1, 0.15) is 0 Å². The fourth-order valence-corrected chi connectivity index (χ4v) is 2.12. The van der Waals surface area contributed by atoms with Crippen molar-refractivity contribution in [3.8, 4) is 0 Å². The molecular formula is C15H11F2N3O. The number of halogens is 2. The molecule has 3 aromatic rings. The molecule has 6 heteroatoms. The van der Waals surface area contributed by atoms with Crippen LogP contribution in [0.5, 0.6) is 0 Å². The van der Waals surface area contributed by atoms with E-state index >= 15 is 0 Å². The zero-order valence-electron chi connectivity index (χ0n) is 10.9. The second-order valence-electron chi connectivity index (χ2n) is 4.70. The Kier molecular flexibility index (Phi) is 3.13. The highest BCUT2D eigenvalue weighted by molar-refractivity contribution is 5.80. The Morgan fingerprint density at radius 3 is 2.67 bits per heavy atom. The molecule has 2 aromatic carbocycles. The van der Waals surface area contributed by atoms with Gasteiger partial charge in [0, 0.05) is 5.69 Å². The number of fused-ring (bicyclic) bond motifs is 1. The van der Waals surface area contributed by atoms with Crippen LogP contribution in [-0.2, 0) is 6.54 Å². The average Bonchev–Trinajstić information content (AvgIpc) is 2.46. The molecule has 0 radical (unpaired) electrons. The molecule has 0 saturated carbocycles. The van der Waals surface area contributed by atoms with Gasteiger partial charge in [-0.2, -0.15) is 0 Å². The molecule has 0 atom stereocenters. The molecule has 3 rings (SSSR count). The zero-order valence-corrected chi connectivity index (χ0v) is 10.9. The summed E-state index contributed by atoms with van der Waals surface area (Å²) in [5, 5.41) is 0.425. The van der Waals surface area contributed by atoms with Crippen LogP contribution >= 0.6 is 0 Å². The van der Waals surface area contributed by atoms with Gasteiger partial charge in [-0.25, -0.2) is 13.8 Å². The van der Waals surface area contributed by atoms with Crippen molar-refractivity contribution in [2.75, 3.05) is 5.73 Å². The van der Waals surface area contributed by atoms with E-state index in [9.17, 15) is 13.6 Å². The Hall–Kier alpha value is -2.76. The van der Waals surface area contributed by atoms with Crippen molar-refractivity contribution in [2.45, 2.75) is 6.54 Å². The number of benzene rings is 2. The van der Waals surface area contributed by atoms with Gasteiger partial charge in [-0.1, -0.05) is 6.07 Å². The third-order valence-corrected chi connectivity index (χ3v) is 3.19. The molecule has 0 aliphatic carbocycles. The predicted molar refractivity (Wildman–Crippen MR) is 75.9 cm³/mol. The Morgan fingerprint density at radius 2 is 1.90 bits per heavy atom. The molecule has 1 aromatic heterocycles. The van der Waals surface area contributed by atoms with E-state index in [4.69, 9.17) is 5.73 Å². The molecule has 0 unspecified atom stereocenters. The number of nitrogens with zero attached hydrogens (tertiary/aromatic N) is 2. The minimum atomic E-state index is -0.943. The maximum absolute atomic E-state index is 13.2. The highest BCUT2D eigenvalue weighted by Gasteiger charge is 2.07. The van der Waals surface area contributed by atoms with Gasteiger partial charge in [-0.15, -0.1) is 0 Å². The molecule has 2 N–H and O–H groups in total. The topological polar surface area (TPSA) is 60.9 Å². The highest BCUT2D eigenvalue weighted by atomic mass is 19.2. The minimum Gasteiger partial charge on any atom is -0.399 e. The Bertz CT molecular complexity index is 890. The summed E-state index contributed by atoms with van der Waals surface area (Å²) >= 11 is 0. The van der Waals surface area contributed by atoms with Crippen LogP contribution in [0.1, 0.15) is 5.56 Å². The fraction of sp³-hybridized carbons (Fsp3) is 0.0667. The highest BCUT2D eigenvalue weighted by Crippen LogP contribution is 2.13. The van der Waals surface area contributed by atoms with Gasteiger partial charge in [0.05, 0.1) is 23.8 Å². The Balaban J connectivity index is 2.05. The van der Waals surface area contributed by atoms with E-state index in [0.717, 1.165) is 12.1 Å². The number of anilines is 1. The van der Waals surface area contributed by atoms with Crippen LogP contribution < -0.4 is 11.3 Å². The molecule has 106 valence electrons. The van der Waals surface area contributed by atoms with Crippen LogP contribution in [0.4, 0.5) is 14.5 Å². The molecule has 0 amide bonds. The summed E-state index contributed by atoms with van der Waals surface area (Å²) in [6, 6.07) is 8.35. The number of hydrogen-bond donors (Lipinski definition) is 1. The van der Waals surface area contributed by atoms with Crippen LogP contribution in [-0.4, -0.2) is 9.55 Å². The summed E-state index contributed by atoms with van der Waals surface area (Å²) < 4.78 is 27.4. The van der Waals surface area contributed by atoms with Gasteiger partial charge in [0.15, 0.2) is 11.6 Å². The van der Waals surface area contributed by atoms with E-state index in [1.165, 1.54) is 17.0 Å². The van der Waals surface area contributed by atoms with Gasteiger partial charge in [0.2, 0.25) is 0 Å². The maximum atomic E-state index is 13.2. The lowest BCUT2D eigenvalue weighted by Crippen LogP contribution is -2.21. The SMILES string of the molecule is Nc1ccc2c(=O)n(Cc3ccc(F)c(F)c3)cnc2c1. The smallest absolute Gasteiger partial charge is 0.261 e. The van der Waals surface area contributed by atoms with Gasteiger partial charge in [0.25, 0.3) is 5.56 Å². The Labute approximate surface area is 118 Å². The van der Waals surface area contributed by atoms with Crippen LogP contribution in [0.15, 0.2) is 47.5 Å².